The summed E-state index contributed by atoms with van der Waals surface area (Å²) in [5, 5.41) is 19.1. The zero-order valence-corrected chi connectivity index (χ0v) is 20.2. The maximum atomic E-state index is 12.9. The molecule has 0 radical (unpaired) electrons. The Morgan fingerprint density at radius 2 is 1.67 bits per heavy atom. The summed E-state index contributed by atoms with van der Waals surface area (Å²) in [7, 11) is 0. The number of aliphatic hydroxyl groups excluding tert-OH is 1. The number of carbonyl (C=O) groups excluding carboxylic acids is 1. The monoisotopic (exact) mass is 535 g/mol. The van der Waals surface area contributed by atoms with Crippen LogP contribution in [0.15, 0.2) is 79.3 Å². The van der Waals surface area contributed by atoms with Gasteiger partial charge in [0.1, 0.15) is 5.75 Å². The fourth-order valence-electron chi connectivity index (χ4n) is 3.61. The number of amides is 2. The van der Waals surface area contributed by atoms with Crippen LogP contribution >= 0.6 is 0 Å². The maximum absolute atomic E-state index is 12.9. The first-order valence-electron chi connectivity index (χ1n) is 11.5. The minimum Gasteiger partial charge on any atom is -0.424 e. The van der Waals surface area contributed by atoms with Gasteiger partial charge in [-0.15, -0.1) is 0 Å². The highest BCUT2D eigenvalue weighted by atomic mass is 19.4. The number of nitrogens with one attached hydrogen (secondary N) is 2. The van der Waals surface area contributed by atoms with E-state index in [-0.39, 0.29) is 17.4 Å². The molecular formula is C26H20F3N7O3. The first-order chi connectivity index (χ1) is 18.7. The van der Waals surface area contributed by atoms with Gasteiger partial charge in [0.05, 0.1) is 47.3 Å². The number of aromatic nitrogens is 5. The Bertz CT molecular complexity index is 1620. The Labute approximate surface area is 219 Å². The lowest BCUT2D eigenvalue weighted by molar-refractivity contribution is -0.137. The summed E-state index contributed by atoms with van der Waals surface area (Å²) < 4.78 is 45.9. The number of anilines is 2. The quantitative estimate of drug-likeness (QED) is 0.255. The van der Waals surface area contributed by atoms with Gasteiger partial charge in [-0.3, -0.25) is 0 Å². The minimum atomic E-state index is -4.52. The number of hydrogen-bond acceptors (Lipinski definition) is 7. The van der Waals surface area contributed by atoms with Gasteiger partial charge in [-0.25, -0.2) is 24.3 Å². The predicted octanol–water partition coefficient (Wildman–Crippen LogP) is 5.69. The summed E-state index contributed by atoms with van der Waals surface area (Å²) in [6, 6.07) is 14.1. The molecule has 0 saturated heterocycles. The third-order valence-corrected chi connectivity index (χ3v) is 5.50. The number of fused-ring (bicyclic) bond motifs is 1. The lowest BCUT2D eigenvalue weighted by atomic mass is 10.1. The summed E-state index contributed by atoms with van der Waals surface area (Å²) in [6.45, 7) is 1.64. The van der Waals surface area contributed by atoms with Crippen molar-refractivity contribution in [3.63, 3.8) is 0 Å². The van der Waals surface area contributed by atoms with Gasteiger partial charge in [-0.2, -0.15) is 18.3 Å². The molecule has 1 unspecified atom stereocenters. The number of hydrogen-bond donors (Lipinski definition) is 3. The molecule has 2 aromatic carbocycles. The highest BCUT2D eigenvalue weighted by molar-refractivity contribution is 5.99. The Balaban J connectivity index is 1.21. The molecule has 0 aliphatic carbocycles. The van der Waals surface area contributed by atoms with Crippen molar-refractivity contribution < 1.29 is 27.8 Å². The van der Waals surface area contributed by atoms with E-state index in [1.807, 2.05) is 12.1 Å². The molecule has 2 amide bonds. The second-order valence-electron chi connectivity index (χ2n) is 8.39. The molecule has 0 spiro atoms. The Kier molecular flexibility index (Phi) is 6.81. The molecule has 1 atom stereocenters. The zero-order valence-electron chi connectivity index (χ0n) is 20.2. The molecule has 0 aliphatic rings. The fourth-order valence-corrected chi connectivity index (χ4v) is 3.61. The molecule has 5 rings (SSSR count). The number of imidazole rings is 1. The number of benzene rings is 2. The summed E-state index contributed by atoms with van der Waals surface area (Å²) in [4.78, 5) is 24.6. The van der Waals surface area contributed by atoms with Gasteiger partial charge >= 0.3 is 18.2 Å². The average Bonchev–Trinajstić information content (AvgIpc) is 3.33. The molecule has 39 heavy (non-hydrogen) atoms. The van der Waals surface area contributed by atoms with Crippen LogP contribution in [0.3, 0.4) is 0 Å². The van der Waals surface area contributed by atoms with E-state index in [1.54, 1.807) is 41.9 Å². The van der Waals surface area contributed by atoms with E-state index in [4.69, 9.17) is 4.74 Å². The first-order valence-corrected chi connectivity index (χ1v) is 11.5. The summed E-state index contributed by atoms with van der Waals surface area (Å²) in [5.41, 5.74) is 2.02. The fraction of sp³-hybridized carbons (Fsp3) is 0.115. The molecule has 13 heteroatoms. The molecule has 3 aromatic heterocycles. The van der Waals surface area contributed by atoms with E-state index in [9.17, 15) is 23.1 Å². The number of carbonyl (C=O) groups is 1. The van der Waals surface area contributed by atoms with Crippen molar-refractivity contribution in [1.82, 2.24) is 24.6 Å². The number of halogens is 3. The SMILES string of the molecule is CC(O)c1ccc2ncc(-c3ccc(Oc4ncc(NC(=O)Nc5cccc(C(F)(F)F)c5)cn4)cc3)n2n1. The van der Waals surface area contributed by atoms with E-state index in [2.05, 4.69) is 30.7 Å². The van der Waals surface area contributed by atoms with Crippen LogP contribution in [0.1, 0.15) is 24.3 Å². The van der Waals surface area contributed by atoms with Crippen LogP contribution in [0.5, 0.6) is 11.8 Å². The third kappa shape index (κ3) is 5.93. The summed E-state index contributed by atoms with van der Waals surface area (Å²) in [6.07, 6.45) is -0.959. The Morgan fingerprint density at radius 1 is 0.949 bits per heavy atom. The highest BCUT2D eigenvalue weighted by Crippen LogP contribution is 2.31. The Hall–Kier alpha value is -5.04. The maximum Gasteiger partial charge on any atom is 0.416 e. The van der Waals surface area contributed by atoms with Crippen LogP contribution in [-0.2, 0) is 6.18 Å². The normalized spacial score (nSPS) is 12.2. The van der Waals surface area contributed by atoms with Gasteiger partial charge in [0.2, 0.25) is 0 Å². The molecule has 198 valence electrons. The molecule has 5 aromatic rings. The standard InChI is InChI=1S/C26H20F3N7O3/c1-15(37)21-9-10-23-30-14-22(36(23)35-21)16-5-7-20(8-6-16)39-25-31-12-19(13-32-25)34-24(38)33-18-4-2-3-17(11-18)26(27,28)29/h2-15,37H,1H3,(H2,33,34,38). The summed E-state index contributed by atoms with van der Waals surface area (Å²) in [5.74, 6) is 0.452. The van der Waals surface area contributed by atoms with Crippen molar-refractivity contribution in [1.29, 1.82) is 0 Å². The van der Waals surface area contributed by atoms with E-state index >= 15 is 0 Å². The first kappa shape index (κ1) is 25.6. The van der Waals surface area contributed by atoms with Crippen molar-refractivity contribution in [2.45, 2.75) is 19.2 Å². The lowest BCUT2D eigenvalue weighted by Gasteiger charge is -2.11. The average molecular weight is 535 g/mol. The molecule has 0 bridgehead atoms. The molecule has 0 aliphatic heterocycles. The zero-order chi connectivity index (χ0) is 27.6. The van der Waals surface area contributed by atoms with Crippen molar-refractivity contribution >= 4 is 23.1 Å². The van der Waals surface area contributed by atoms with Crippen molar-refractivity contribution in [3.05, 3.63) is 90.5 Å². The topological polar surface area (TPSA) is 127 Å². The molecule has 10 nitrogen and oxygen atoms in total. The van der Waals surface area contributed by atoms with Crippen molar-refractivity contribution in [2.24, 2.45) is 0 Å². The van der Waals surface area contributed by atoms with Crippen LogP contribution in [0.4, 0.5) is 29.3 Å². The molecule has 0 fully saturated rings. The summed E-state index contributed by atoms with van der Waals surface area (Å²) >= 11 is 0. The molecule has 0 saturated carbocycles. The minimum absolute atomic E-state index is 0.0182. The molecule has 3 heterocycles. The third-order valence-electron chi connectivity index (χ3n) is 5.50. The van der Waals surface area contributed by atoms with Gasteiger partial charge in [-0.1, -0.05) is 6.07 Å². The highest BCUT2D eigenvalue weighted by Gasteiger charge is 2.30. The van der Waals surface area contributed by atoms with Crippen molar-refractivity contribution in [3.8, 4) is 23.0 Å². The second kappa shape index (κ2) is 10.4. The number of aliphatic hydroxyl groups is 1. The van der Waals surface area contributed by atoms with E-state index in [1.165, 1.54) is 24.5 Å². The van der Waals surface area contributed by atoms with Crippen molar-refractivity contribution in [2.75, 3.05) is 10.6 Å². The second-order valence-corrected chi connectivity index (χ2v) is 8.39. The number of nitrogens with zero attached hydrogens (tertiary/aromatic N) is 5. The van der Waals surface area contributed by atoms with Crippen LogP contribution < -0.4 is 15.4 Å². The smallest absolute Gasteiger partial charge is 0.416 e. The van der Waals surface area contributed by atoms with Crippen LogP contribution in [-0.4, -0.2) is 35.7 Å². The molecule has 3 N–H and O–H groups in total. The largest absolute Gasteiger partial charge is 0.424 e. The van der Waals surface area contributed by atoms with E-state index < -0.39 is 23.9 Å². The van der Waals surface area contributed by atoms with Gasteiger partial charge in [0.15, 0.2) is 5.65 Å². The number of ether oxygens (including phenoxy) is 1. The van der Waals surface area contributed by atoms with Crippen LogP contribution in [0.25, 0.3) is 16.9 Å². The molecular weight excluding hydrogens is 515 g/mol. The van der Waals surface area contributed by atoms with Gasteiger partial charge in [0.25, 0.3) is 0 Å². The number of alkyl halides is 3. The van der Waals surface area contributed by atoms with Crippen LogP contribution in [0, 0.1) is 0 Å². The van der Waals surface area contributed by atoms with Gasteiger partial charge in [0, 0.05) is 11.3 Å². The number of rotatable bonds is 6. The van der Waals surface area contributed by atoms with E-state index in [0.717, 1.165) is 23.4 Å². The lowest BCUT2D eigenvalue weighted by Crippen LogP contribution is -2.20. The van der Waals surface area contributed by atoms with E-state index in [0.29, 0.717) is 17.1 Å². The number of urea groups is 1. The predicted molar refractivity (Wildman–Crippen MR) is 135 cm³/mol. The van der Waals surface area contributed by atoms with Gasteiger partial charge in [-0.05, 0) is 61.5 Å². The van der Waals surface area contributed by atoms with Crippen LogP contribution in [0.2, 0.25) is 0 Å². The van der Waals surface area contributed by atoms with Gasteiger partial charge < -0.3 is 20.5 Å². The Morgan fingerprint density at radius 3 is 2.36 bits per heavy atom.